The highest BCUT2D eigenvalue weighted by molar-refractivity contribution is 5.76. The highest BCUT2D eigenvalue weighted by Gasteiger charge is 2.53. The predicted molar refractivity (Wildman–Crippen MR) is 295 cm³/mol. The predicted octanol–water partition coefficient (Wildman–Crippen LogP) is 4.87. The highest BCUT2D eigenvalue weighted by Crippen LogP contribution is 2.33. The molecule has 78 heavy (non-hydrogen) atoms. The van der Waals surface area contributed by atoms with E-state index in [1.54, 1.807) is 6.08 Å². The van der Waals surface area contributed by atoms with Crippen molar-refractivity contribution in [3.63, 3.8) is 0 Å². The first-order valence-corrected chi connectivity index (χ1v) is 29.5. The molecule has 0 radical (unpaired) electrons. The minimum atomic E-state index is -1.98. The standard InChI is InChI=1S/C59H103NO18/c1-3-5-7-9-11-13-15-17-19-20-21-23-24-26-28-30-32-34-36-43(64)42(60-47(65)37-35-33-31-29-27-25-22-18-16-14-12-10-8-6-4-2)41-73-57-53(71)50(68)55(45(39-62)75-57)78-59-54(72)51(69)56(46(40-63)76-59)77-58-52(70)49(67)48(66)44(38-61)74-58/h12,14,18,20-22,26,28,34,36,42-46,48-59,61-64,66-72H,3-11,13,15-17,19,23-25,27,29-33,35,37-41H2,1-2H3,(H,60,65)/b14-12-,21-20+,22-18-,28-26+,36-34+. The molecule has 0 aromatic carbocycles. The summed E-state index contributed by atoms with van der Waals surface area (Å²) in [7, 11) is 0. The number of nitrogens with one attached hydrogen (secondary N) is 1. The number of carbonyl (C=O) groups is 1. The van der Waals surface area contributed by atoms with E-state index in [0.29, 0.717) is 12.8 Å². The van der Waals surface area contributed by atoms with Gasteiger partial charge in [-0.3, -0.25) is 4.79 Å². The zero-order valence-corrected chi connectivity index (χ0v) is 46.9. The maximum Gasteiger partial charge on any atom is 0.220 e. The van der Waals surface area contributed by atoms with Crippen LogP contribution in [0.15, 0.2) is 60.8 Å². The molecule has 12 N–H and O–H groups in total. The van der Waals surface area contributed by atoms with Crippen molar-refractivity contribution in [3.05, 3.63) is 60.8 Å². The quantitative estimate of drug-likeness (QED) is 0.0287. The Balaban J connectivity index is 1.54. The number of rotatable bonds is 42. The SMILES string of the molecule is CCCCC/C=C\C/C=C\CCCCCCCC(=O)NC(COC1OC(CO)C(OC2OC(CO)C(OC3OC(CO)C(O)C(O)C3O)C(O)C2O)C(O)C1O)C(O)/C=C/CC/C=C/CC/C=C/CCCCCCCCCC. The van der Waals surface area contributed by atoms with E-state index in [-0.39, 0.29) is 18.9 Å². The summed E-state index contributed by atoms with van der Waals surface area (Å²) in [5.41, 5.74) is 0. The second kappa shape index (κ2) is 42.3. The molecular formula is C59H103NO18. The lowest BCUT2D eigenvalue weighted by Crippen LogP contribution is -2.66. The molecule has 3 aliphatic heterocycles. The van der Waals surface area contributed by atoms with Crippen LogP contribution in [0, 0.1) is 0 Å². The van der Waals surface area contributed by atoms with Crippen LogP contribution in [-0.2, 0) is 33.2 Å². The molecule has 17 unspecified atom stereocenters. The van der Waals surface area contributed by atoms with Gasteiger partial charge in [0.15, 0.2) is 18.9 Å². The van der Waals surface area contributed by atoms with E-state index < -0.39 is 124 Å². The number of carbonyl (C=O) groups excluding carboxylic acids is 1. The second-order valence-electron chi connectivity index (χ2n) is 21.1. The summed E-state index contributed by atoms with van der Waals surface area (Å²) in [5.74, 6) is -0.307. The summed E-state index contributed by atoms with van der Waals surface area (Å²) in [6, 6.07) is -1.00. The largest absolute Gasteiger partial charge is 0.394 e. The second-order valence-corrected chi connectivity index (χ2v) is 21.1. The Kier molecular flexibility index (Phi) is 37.9. The first-order chi connectivity index (χ1) is 37.8. The van der Waals surface area contributed by atoms with Crippen LogP contribution < -0.4 is 5.32 Å². The van der Waals surface area contributed by atoms with Gasteiger partial charge in [0.25, 0.3) is 0 Å². The van der Waals surface area contributed by atoms with Gasteiger partial charge >= 0.3 is 0 Å². The molecule has 0 aliphatic carbocycles. The van der Waals surface area contributed by atoms with E-state index in [4.69, 9.17) is 28.4 Å². The third kappa shape index (κ3) is 26.2. The minimum absolute atomic E-state index is 0.213. The normalized spacial score (nSPS) is 30.9. The van der Waals surface area contributed by atoms with Crippen molar-refractivity contribution >= 4 is 5.91 Å². The molecule has 0 saturated carbocycles. The van der Waals surface area contributed by atoms with E-state index in [1.165, 1.54) is 70.6 Å². The van der Waals surface area contributed by atoms with Crippen molar-refractivity contribution in [1.82, 2.24) is 5.32 Å². The molecule has 452 valence electrons. The fourth-order valence-corrected chi connectivity index (χ4v) is 9.60. The molecule has 19 nitrogen and oxygen atoms in total. The monoisotopic (exact) mass is 1110 g/mol. The van der Waals surface area contributed by atoms with Gasteiger partial charge in [0.2, 0.25) is 5.91 Å². The zero-order chi connectivity index (χ0) is 56.9. The third-order valence-corrected chi connectivity index (χ3v) is 14.5. The van der Waals surface area contributed by atoms with Gasteiger partial charge in [0.05, 0.1) is 38.6 Å². The van der Waals surface area contributed by atoms with Crippen LogP contribution in [0.25, 0.3) is 0 Å². The lowest BCUT2D eigenvalue weighted by molar-refractivity contribution is -0.379. The smallest absolute Gasteiger partial charge is 0.220 e. The summed E-state index contributed by atoms with van der Waals surface area (Å²) >= 11 is 0. The fraction of sp³-hybridized carbons (Fsp3) is 0.814. The van der Waals surface area contributed by atoms with Crippen LogP contribution >= 0.6 is 0 Å². The fourth-order valence-electron chi connectivity index (χ4n) is 9.60. The molecule has 3 rings (SSSR count). The number of unbranched alkanes of at least 4 members (excludes halogenated alkanes) is 18. The average Bonchev–Trinajstić information content (AvgIpc) is 3.47. The third-order valence-electron chi connectivity index (χ3n) is 14.5. The Bertz CT molecular complexity index is 1660. The van der Waals surface area contributed by atoms with Gasteiger partial charge in [-0.1, -0.05) is 152 Å². The van der Waals surface area contributed by atoms with Gasteiger partial charge < -0.3 is 89.9 Å². The molecule has 3 heterocycles. The Labute approximate surface area is 465 Å². The lowest BCUT2D eigenvalue weighted by atomic mass is 9.96. The molecule has 0 aromatic rings. The van der Waals surface area contributed by atoms with Crippen LogP contribution in [0.4, 0.5) is 0 Å². The van der Waals surface area contributed by atoms with E-state index >= 15 is 0 Å². The van der Waals surface area contributed by atoms with Gasteiger partial charge in [-0.25, -0.2) is 0 Å². The molecule has 0 bridgehead atoms. The number of ether oxygens (including phenoxy) is 6. The van der Waals surface area contributed by atoms with Gasteiger partial charge in [-0.15, -0.1) is 0 Å². The van der Waals surface area contributed by atoms with Crippen LogP contribution in [0.2, 0.25) is 0 Å². The van der Waals surface area contributed by atoms with Gasteiger partial charge in [0, 0.05) is 6.42 Å². The van der Waals surface area contributed by atoms with Crippen molar-refractivity contribution in [3.8, 4) is 0 Å². The molecule has 1 amide bonds. The van der Waals surface area contributed by atoms with Crippen LogP contribution in [0.3, 0.4) is 0 Å². The summed E-state index contributed by atoms with van der Waals surface area (Å²) in [5, 5.41) is 120. The van der Waals surface area contributed by atoms with Crippen LogP contribution in [-0.4, -0.2) is 193 Å². The zero-order valence-electron chi connectivity index (χ0n) is 46.9. The molecule has 0 spiro atoms. The summed E-state index contributed by atoms with van der Waals surface area (Å²) < 4.78 is 34.2. The Morgan fingerprint density at radius 2 is 0.859 bits per heavy atom. The highest BCUT2D eigenvalue weighted by atomic mass is 16.8. The van der Waals surface area contributed by atoms with E-state index in [0.717, 1.165) is 70.6 Å². The lowest BCUT2D eigenvalue weighted by Gasteiger charge is -2.48. The summed E-state index contributed by atoms with van der Waals surface area (Å²) in [6.45, 7) is 1.63. The minimum Gasteiger partial charge on any atom is -0.394 e. The number of amides is 1. The van der Waals surface area contributed by atoms with Crippen molar-refractivity contribution in [2.24, 2.45) is 0 Å². The number of hydrogen-bond donors (Lipinski definition) is 12. The van der Waals surface area contributed by atoms with Crippen molar-refractivity contribution in [1.29, 1.82) is 0 Å². The topological polar surface area (TPSA) is 307 Å². The maximum atomic E-state index is 13.3. The van der Waals surface area contributed by atoms with E-state index in [2.05, 4.69) is 67.8 Å². The average molecular weight is 1110 g/mol. The number of aliphatic hydroxyl groups excluding tert-OH is 11. The Hall–Kier alpha value is -2.51. The molecule has 17 atom stereocenters. The number of aliphatic hydroxyl groups is 11. The summed E-state index contributed by atoms with van der Waals surface area (Å²) in [4.78, 5) is 13.3. The van der Waals surface area contributed by atoms with Crippen molar-refractivity contribution in [2.45, 2.75) is 279 Å². The van der Waals surface area contributed by atoms with Crippen molar-refractivity contribution in [2.75, 3.05) is 26.4 Å². The Morgan fingerprint density at radius 3 is 1.38 bits per heavy atom. The van der Waals surface area contributed by atoms with Crippen LogP contribution in [0.5, 0.6) is 0 Å². The summed E-state index contributed by atoms with van der Waals surface area (Å²) in [6.07, 6.45) is 20.6. The molecule has 19 heteroatoms. The maximum absolute atomic E-state index is 13.3. The van der Waals surface area contributed by atoms with Gasteiger partial charge in [-0.2, -0.15) is 0 Å². The van der Waals surface area contributed by atoms with Gasteiger partial charge in [0.1, 0.15) is 73.2 Å². The van der Waals surface area contributed by atoms with Crippen molar-refractivity contribution < 1.29 is 89.4 Å². The van der Waals surface area contributed by atoms with E-state index in [9.17, 15) is 61.0 Å². The molecule has 3 fully saturated rings. The number of hydrogen-bond acceptors (Lipinski definition) is 18. The van der Waals surface area contributed by atoms with E-state index in [1.807, 2.05) is 6.08 Å². The molecule has 3 saturated heterocycles. The Morgan fingerprint density at radius 1 is 0.462 bits per heavy atom. The first kappa shape index (κ1) is 69.8. The van der Waals surface area contributed by atoms with Gasteiger partial charge in [-0.05, 0) is 77.0 Å². The number of allylic oxidation sites excluding steroid dienone is 9. The molecule has 0 aromatic heterocycles. The first-order valence-electron chi connectivity index (χ1n) is 29.5. The van der Waals surface area contributed by atoms with Crippen LogP contribution in [0.1, 0.15) is 174 Å². The molecule has 3 aliphatic rings. The molecular weight excluding hydrogens is 1010 g/mol.